The van der Waals surface area contributed by atoms with E-state index in [9.17, 15) is 4.79 Å². The molecular formula is C14H18ClNO3. The van der Waals surface area contributed by atoms with Crippen molar-refractivity contribution in [1.82, 2.24) is 5.32 Å². The summed E-state index contributed by atoms with van der Waals surface area (Å²) in [7, 11) is 0. The van der Waals surface area contributed by atoms with Crippen LogP contribution in [0.4, 0.5) is 0 Å². The van der Waals surface area contributed by atoms with E-state index in [2.05, 4.69) is 19.2 Å². The number of rotatable bonds is 5. The minimum Gasteiger partial charge on any atom is -0.488 e. The largest absolute Gasteiger partial charge is 0.488 e. The Bertz CT molecular complexity index is 474. The number of ether oxygens (including phenoxy) is 2. The van der Waals surface area contributed by atoms with Gasteiger partial charge >= 0.3 is 0 Å². The van der Waals surface area contributed by atoms with Gasteiger partial charge in [0, 0.05) is 12.0 Å². The van der Waals surface area contributed by atoms with Gasteiger partial charge in [0.15, 0.2) is 11.5 Å². The third-order valence-corrected chi connectivity index (χ3v) is 3.10. The van der Waals surface area contributed by atoms with Crippen LogP contribution in [-0.4, -0.2) is 30.5 Å². The van der Waals surface area contributed by atoms with Crippen LogP contribution in [0, 0.1) is 0 Å². The molecule has 0 fully saturated rings. The van der Waals surface area contributed by atoms with E-state index in [-0.39, 0.29) is 17.4 Å². The van der Waals surface area contributed by atoms with Crippen LogP contribution in [-0.2, 0) is 11.2 Å². The molecule has 0 atom stereocenters. The second-order valence-electron chi connectivity index (χ2n) is 5.11. The van der Waals surface area contributed by atoms with Crippen LogP contribution in [0.2, 0.25) is 0 Å². The van der Waals surface area contributed by atoms with Gasteiger partial charge in [0.25, 0.3) is 0 Å². The number of carbonyl (C=O) groups excluding carboxylic acids is 1. The predicted molar refractivity (Wildman–Crippen MR) is 74.1 cm³/mol. The van der Waals surface area contributed by atoms with Crippen molar-refractivity contribution in [3.8, 4) is 11.5 Å². The molecule has 1 aliphatic heterocycles. The van der Waals surface area contributed by atoms with Crippen molar-refractivity contribution in [3.63, 3.8) is 0 Å². The fourth-order valence-corrected chi connectivity index (χ4v) is 2.19. The molecule has 0 aromatic heterocycles. The molecule has 1 amide bonds. The lowest BCUT2D eigenvalue weighted by Crippen LogP contribution is -2.29. The monoisotopic (exact) mass is 283 g/mol. The van der Waals surface area contributed by atoms with Crippen molar-refractivity contribution in [2.45, 2.75) is 25.9 Å². The highest BCUT2D eigenvalue weighted by Crippen LogP contribution is 2.41. The van der Waals surface area contributed by atoms with Crippen molar-refractivity contribution in [1.29, 1.82) is 0 Å². The van der Waals surface area contributed by atoms with Gasteiger partial charge < -0.3 is 14.8 Å². The Morgan fingerprint density at radius 2 is 2.32 bits per heavy atom. The van der Waals surface area contributed by atoms with Crippen LogP contribution < -0.4 is 14.8 Å². The molecule has 1 aromatic rings. The van der Waals surface area contributed by atoms with Crippen molar-refractivity contribution >= 4 is 17.5 Å². The van der Waals surface area contributed by atoms with Crippen molar-refractivity contribution < 1.29 is 14.3 Å². The number of alkyl halides is 1. The highest BCUT2D eigenvalue weighted by atomic mass is 35.5. The second kappa shape index (κ2) is 5.70. The number of para-hydroxylation sites is 1. The molecule has 0 radical (unpaired) electrons. The summed E-state index contributed by atoms with van der Waals surface area (Å²) in [6, 6.07) is 5.88. The first-order valence-electron chi connectivity index (χ1n) is 6.28. The average Bonchev–Trinajstić information content (AvgIpc) is 2.68. The Kier molecular flexibility index (Phi) is 4.20. The summed E-state index contributed by atoms with van der Waals surface area (Å²) < 4.78 is 11.5. The third kappa shape index (κ3) is 3.53. The number of carbonyl (C=O) groups is 1. The molecule has 5 heteroatoms. The predicted octanol–water partition coefficient (Wildman–Crippen LogP) is 2.13. The smallest absolute Gasteiger partial charge is 0.235 e. The molecule has 0 bridgehead atoms. The van der Waals surface area contributed by atoms with Crippen molar-refractivity contribution in [2.24, 2.45) is 0 Å². The van der Waals surface area contributed by atoms with Gasteiger partial charge in [0.2, 0.25) is 5.91 Å². The van der Waals surface area contributed by atoms with Crippen LogP contribution in [0.3, 0.4) is 0 Å². The fourth-order valence-electron chi connectivity index (χ4n) is 2.10. The number of halogens is 1. The lowest BCUT2D eigenvalue weighted by Gasteiger charge is -2.18. The van der Waals surface area contributed by atoms with Crippen LogP contribution in [0.1, 0.15) is 19.4 Å². The van der Waals surface area contributed by atoms with E-state index in [1.165, 1.54) is 0 Å². The summed E-state index contributed by atoms with van der Waals surface area (Å²) in [5.41, 5.74) is 0.974. The van der Waals surface area contributed by atoms with E-state index >= 15 is 0 Å². The average molecular weight is 284 g/mol. The number of fused-ring (bicyclic) bond motifs is 1. The van der Waals surface area contributed by atoms with Gasteiger partial charge in [-0.25, -0.2) is 0 Å². The minimum atomic E-state index is -0.194. The first-order valence-corrected chi connectivity index (χ1v) is 6.82. The number of hydrogen-bond acceptors (Lipinski definition) is 3. The molecule has 0 saturated heterocycles. The molecule has 1 aliphatic rings. The van der Waals surface area contributed by atoms with Gasteiger partial charge in [0.1, 0.15) is 18.1 Å². The zero-order valence-corrected chi connectivity index (χ0v) is 11.9. The summed E-state index contributed by atoms with van der Waals surface area (Å²) >= 11 is 5.38. The first kappa shape index (κ1) is 14.0. The lowest BCUT2D eigenvalue weighted by atomic mass is 10.0. The molecule has 1 aromatic carbocycles. The van der Waals surface area contributed by atoms with E-state index < -0.39 is 0 Å². The molecule has 0 spiro atoms. The molecule has 104 valence electrons. The molecule has 2 rings (SSSR count). The fraction of sp³-hybridized carbons (Fsp3) is 0.500. The molecule has 1 heterocycles. The summed E-state index contributed by atoms with van der Waals surface area (Å²) in [6.07, 6.45) is 0.877. The van der Waals surface area contributed by atoms with E-state index in [0.717, 1.165) is 23.5 Å². The van der Waals surface area contributed by atoms with E-state index in [1.807, 2.05) is 18.2 Å². The number of hydrogen-bond donors (Lipinski definition) is 1. The summed E-state index contributed by atoms with van der Waals surface area (Å²) in [5.74, 6) is 1.32. The van der Waals surface area contributed by atoms with E-state index in [1.54, 1.807) is 0 Å². The van der Waals surface area contributed by atoms with E-state index in [4.69, 9.17) is 21.1 Å². The summed E-state index contributed by atoms with van der Waals surface area (Å²) in [6.45, 7) is 4.93. The number of benzene rings is 1. The van der Waals surface area contributed by atoms with Crippen LogP contribution >= 0.6 is 11.6 Å². The quantitative estimate of drug-likeness (QED) is 0.665. The van der Waals surface area contributed by atoms with Crippen LogP contribution in [0.25, 0.3) is 0 Å². The van der Waals surface area contributed by atoms with Gasteiger partial charge in [0.05, 0.1) is 6.54 Å². The minimum absolute atomic E-state index is 0.0297. The van der Waals surface area contributed by atoms with Crippen molar-refractivity contribution in [3.05, 3.63) is 23.8 Å². The Labute approximate surface area is 118 Å². The first-order chi connectivity index (χ1) is 9.02. The van der Waals surface area contributed by atoms with E-state index in [0.29, 0.717) is 13.2 Å². The number of amides is 1. The summed E-state index contributed by atoms with van der Waals surface area (Å²) in [4.78, 5) is 11.0. The molecule has 4 nitrogen and oxygen atoms in total. The van der Waals surface area contributed by atoms with Gasteiger partial charge in [-0.05, 0) is 19.9 Å². The molecule has 1 N–H and O–H groups in total. The molecule has 0 unspecified atom stereocenters. The maximum absolute atomic E-state index is 11.0. The zero-order valence-electron chi connectivity index (χ0n) is 11.2. The van der Waals surface area contributed by atoms with Gasteiger partial charge in [-0.15, -0.1) is 11.6 Å². The van der Waals surface area contributed by atoms with Gasteiger partial charge in [-0.1, -0.05) is 12.1 Å². The zero-order chi connectivity index (χ0) is 13.9. The summed E-state index contributed by atoms with van der Waals surface area (Å²) in [5, 5.41) is 2.65. The van der Waals surface area contributed by atoms with Crippen LogP contribution in [0.5, 0.6) is 11.5 Å². The van der Waals surface area contributed by atoms with Gasteiger partial charge in [-0.3, -0.25) is 4.79 Å². The lowest BCUT2D eigenvalue weighted by molar-refractivity contribution is -0.118. The molecule has 19 heavy (non-hydrogen) atoms. The molecular weight excluding hydrogens is 266 g/mol. The number of nitrogens with one attached hydrogen (secondary N) is 1. The normalized spacial score (nSPS) is 15.5. The maximum atomic E-state index is 11.0. The Morgan fingerprint density at radius 1 is 1.53 bits per heavy atom. The van der Waals surface area contributed by atoms with Gasteiger partial charge in [-0.2, -0.15) is 0 Å². The highest BCUT2D eigenvalue weighted by Gasteiger charge is 2.32. The highest BCUT2D eigenvalue weighted by molar-refractivity contribution is 6.27. The third-order valence-electron chi connectivity index (χ3n) is 2.86. The van der Waals surface area contributed by atoms with Crippen LogP contribution in [0.15, 0.2) is 18.2 Å². The Hall–Kier alpha value is -1.42. The SMILES string of the molecule is CC1(C)Cc2cccc(OCCNC(=O)CCl)c2O1. The second-order valence-corrected chi connectivity index (χ2v) is 5.38. The Balaban J connectivity index is 1.92. The topological polar surface area (TPSA) is 47.6 Å². The van der Waals surface area contributed by atoms with Crippen molar-refractivity contribution in [2.75, 3.05) is 19.0 Å². The molecule has 0 saturated carbocycles. The molecule has 0 aliphatic carbocycles. The Morgan fingerprint density at radius 3 is 3.05 bits per heavy atom. The standard InChI is InChI=1S/C14H18ClNO3/c1-14(2)8-10-4-3-5-11(13(10)19-14)18-7-6-16-12(17)9-15/h3-5H,6-9H2,1-2H3,(H,16,17). The maximum Gasteiger partial charge on any atom is 0.235 e.